The normalized spacial score (nSPS) is 20.2. The van der Waals surface area contributed by atoms with Gasteiger partial charge in [-0.1, -0.05) is 13.8 Å². The second-order valence-electron chi connectivity index (χ2n) is 7.32. The molecule has 1 aliphatic heterocycles. The van der Waals surface area contributed by atoms with Gasteiger partial charge < -0.3 is 26.3 Å². The lowest BCUT2D eigenvalue weighted by Gasteiger charge is -2.16. The number of pyridine rings is 1. The van der Waals surface area contributed by atoms with E-state index in [1.54, 1.807) is 17.8 Å². The minimum absolute atomic E-state index is 0.137. The molecule has 2 unspecified atom stereocenters. The maximum atomic E-state index is 6.15. The molecule has 3 aromatic heterocycles. The largest absolute Gasteiger partial charge is 0.473 e. The fourth-order valence-electron chi connectivity index (χ4n) is 3.38. The Hall–Kier alpha value is -3.11. The molecule has 4 rings (SSSR count). The van der Waals surface area contributed by atoms with Crippen LogP contribution in [0.4, 0.5) is 11.6 Å². The number of aromatic amines is 1. The minimum Gasteiger partial charge on any atom is -0.473 e. The molecule has 3 aromatic rings. The highest BCUT2D eigenvalue weighted by molar-refractivity contribution is 7.17. The number of nitrogens with zero attached hydrogens (tertiary/aromatic N) is 3. The molecule has 2 atom stereocenters. The van der Waals surface area contributed by atoms with E-state index in [4.69, 9.17) is 20.9 Å². The van der Waals surface area contributed by atoms with Crippen molar-refractivity contribution in [2.45, 2.75) is 32.5 Å². The van der Waals surface area contributed by atoms with Gasteiger partial charge in [0.1, 0.15) is 12.2 Å². The summed E-state index contributed by atoms with van der Waals surface area (Å²) in [4.78, 5) is 8.70. The second kappa shape index (κ2) is 8.72. The van der Waals surface area contributed by atoms with Crippen molar-refractivity contribution in [2.24, 2.45) is 17.4 Å². The Bertz CT molecular complexity index is 1070. The Balaban J connectivity index is 1.41. The van der Waals surface area contributed by atoms with E-state index < -0.39 is 0 Å². The van der Waals surface area contributed by atoms with E-state index >= 15 is 0 Å². The molecule has 10 heteroatoms. The molecule has 6 N–H and O–H groups in total. The molecule has 158 valence electrons. The van der Waals surface area contributed by atoms with Crippen LogP contribution in [0.15, 0.2) is 47.6 Å². The average molecular weight is 428 g/mol. The third-order valence-electron chi connectivity index (χ3n) is 4.87. The van der Waals surface area contributed by atoms with E-state index in [-0.39, 0.29) is 18.1 Å². The van der Waals surface area contributed by atoms with Crippen LogP contribution in [0.25, 0.3) is 10.2 Å². The fourth-order valence-corrected chi connectivity index (χ4v) is 4.10. The van der Waals surface area contributed by atoms with Crippen molar-refractivity contribution in [1.82, 2.24) is 20.2 Å². The van der Waals surface area contributed by atoms with Gasteiger partial charge in [0.25, 0.3) is 0 Å². The number of H-pyrrole nitrogens is 1. The first-order valence-electron chi connectivity index (χ1n) is 9.72. The van der Waals surface area contributed by atoms with E-state index in [0.29, 0.717) is 24.7 Å². The molecule has 0 aliphatic carbocycles. The van der Waals surface area contributed by atoms with Gasteiger partial charge in [0, 0.05) is 24.3 Å². The van der Waals surface area contributed by atoms with Crippen LogP contribution in [0.2, 0.25) is 0 Å². The molecule has 0 spiro atoms. The van der Waals surface area contributed by atoms with Gasteiger partial charge in [0.2, 0.25) is 0 Å². The molecular weight excluding hydrogens is 402 g/mol. The summed E-state index contributed by atoms with van der Waals surface area (Å²) in [5.41, 5.74) is 16.1. The Kier molecular flexibility index (Phi) is 5.86. The molecule has 0 saturated carbocycles. The van der Waals surface area contributed by atoms with Crippen molar-refractivity contribution < 1.29 is 9.47 Å². The summed E-state index contributed by atoms with van der Waals surface area (Å²) in [5, 5.41) is 10.6. The van der Waals surface area contributed by atoms with Crippen molar-refractivity contribution >= 4 is 33.2 Å². The van der Waals surface area contributed by atoms with Crippen LogP contribution in [-0.2, 0) is 9.47 Å². The lowest BCUT2D eigenvalue weighted by atomic mass is 10.0. The molecule has 0 bridgehead atoms. The fraction of sp³-hybridized carbons (Fsp3) is 0.350. The number of allylic oxidation sites excluding steroid dienone is 2. The van der Waals surface area contributed by atoms with Gasteiger partial charge in [-0.3, -0.25) is 5.10 Å². The molecule has 1 aliphatic rings. The summed E-state index contributed by atoms with van der Waals surface area (Å²) >= 11 is 1.53. The van der Waals surface area contributed by atoms with Crippen molar-refractivity contribution in [3.63, 3.8) is 0 Å². The Labute approximate surface area is 178 Å². The molecule has 4 heterocycles. The van der Waals surface area contributed by atoms with Crippen molar-refractivity contribution in [1.29, 1.82) is 0 Å². The molecule has 9 nitrogen and oxygen atoms in total. The summed E-state index contributed by atoms with van der Waals surface area (Å²) in [5.74, 6) is 1.99. The highest BCUT2D eigenvalue weighted by Crippen LogP contribution is 2.32. The quantitative estimate of drug-likeness (QED) is 0.333. The number of ether oxygens (including phenoxy) is 2. The minimum atomic E-state index is -0.148. The van der Waals surface area contributed by atoms with Crippen LogP contribution in [0, 0.1) is 5.92 Å². The van der Waals surface area contributed by atoms with Crippen LogP contribution in [0.5, 0.6) is 0 Å². The SMILES string of the molecule is CC(C)C(/C=C\N)=C(/N)OC1COC(c2cc(Nc3nccc4ncsc34)n[nH]2)C1. The van der Waals surface area contributed by atoms with Crippen LogP contribution in [0.3, 0.4) is 0 Å². The predicted octanol–water partition coefficient (Wildman–Crippen LogP) is 3.30. The Morgan fingerprint density at radius 1 is 1.43 bits per heavy atom. The zero-order valence-electron chi connectivity index (χ0n) is 16.8. The monoisotopic (exact) mass is 427 g/mol. The molecule has 0 radical (unpaired) electrons. The lowest BCUT2D eigenvalue weighted by molar-refractivity contribution is 0.0696. The third kappa shape index (κ3) is 4.24. The number of nitrogens with two attached hydrogens (primary N) is 2. The zero-order valence-corrected chi connectivity index (χ0v) is 17.6. The van der Waals surface area contributed by atoms with Crippen LogP contribution >= 0.6 is 11.3 Å². The van der Waals surface area contributed by atoms with E-state index in [2.05, 4.69) is 25.5 Å². The molecule has 0 amide bonds. The number of rotatable bonds is 7. The molecule has 1 saturated heterocycles. The van der Waals surface area contributed by atoms with E-state index in [1.807, 2.05) is 26.0 Å². The topological polar surface area (TPSA) is 137 Å². The third-order valence-corrected chi connectivity index (χ3v) is 5.72. The number of fused-ring (bicyclic) bond motifs is 1. The summed E-state index contributed by atoms with van der Waals surface area (Å²) in [6.45, 7) is 4.53. The Morgan fingerprint density at radius 2 is 2.30 bits per heavy atom. The maximum Gasteiger partial charge on any atom is 0.187 e. The number of anilines is 2. The lowest BCUT2D eigenvalue weighted by Crippen LogP contribution is -2.19. The van der Waals surface area contributed by atoms with Gasteiger partial charge in [0.05, 0.1) is 28.0 Å². The first-order valence-corrected chi connectivity index (χ1v) is 10.6. The smallest absolute Gasteiger partial charge is 0.187 e. The van der Waals surface area contributed by atoms with Gasteiger partial charge in [-0.25, -0.2) is 9.97 Å². The maximum absolute atomic E-state index is 6.15. The summed E-state index contributed by atoms with van der Waals surface area (Å²) in [7, 11) is 0. The molecule has 0 aromatic carbocycles. The van der Waals surface area contributed by atoms with Gasteiger partial charge in [-0.15, -0.1) is 11.3 Å². The predicted molar refractivity (Wildman–Crippen MR) is 117 cm³/mol. The molecule has 1 fully saturated rings. The van der Waals surface area contributed by atoms with Gasteiger partial charge >= 0.3 is 0 Å². The van der Waals surface area contributed by atoms with Crippen LogP contribution in [0.1, 0.15) is 32.1 Å². The first kappa shape index (κ1) is 20.2. The number of nitrogens with one attached hydrogen (secondary N) is 2. The summed E-state index contributed by atoms with van der Waals surface area (Å²) < 4.78 is 12.8. The number of aromatic nitrogens is 4. The average Bonchev–Trinajstić information content (AvgIpc) is 3.46. The van der Waals surface area contributed by atoms with E-state index in [9.17, 15) is 0 Å². The highest BCUT2D eigenvalue weighted by Gasteiger charge is 2.30. The van der Waals surface area contributed by atoms with Crippen molar-refractivity contribution in [2.75, 3.05) is 11.9 Å². The van der Waals surface area contributed by atoms with Crippen molar-refractivity contribution in [3.05, 3.63) is 53.3 Å². The molecule has 30 heavy (non-hydrogen) atoms. The van der Waals surface area contributed by atoms with Crippen molar-refractivity contribution in [3.8, 4) is 0 Å². The van der Waals surface area contributed by atoms with Crippen LogP contribution < -0.4 is 16.8 Å². The van der Waals surface area contributed by atoms with Gasteiger partial charge in [-0.05, 0) is 24.3 Å². The number of thiazole rings is 1. The zero-order chi connectivity index (χ0) is 21.1. The summed E-state index contributed by atoms with van der Waals surface area (Å²) in [6, 6.07) is 3.80. The second-order valence-corrected chi connectivity index (χ2v) is 8.18. The number of hydrogen-bond donors (Lipinski definition) is 4. The van der Waals surface area contributed by atoms with Gasteiger partial charge in [-0.2, -0.15) is 5.10 Å². The van der Waals surface area contributed by atoms with Gasteiger partial charge in [0.15, 0.2) is 17.5 Å². The standard InChI is InChI=1S/C20H25N7O2S/c1-11(2)13(3-5-21)19(22)29-12-7-16(28-9-12)15-8-17(27-26-15)25-20-18-14(4-6-23-20)24-10-30-18/h3-6,8,10-12,16H,7,9,21-22H2,1-2H3,(H2,23,25,26,27)/b5-3-,19-13-. The van der Waals surface area contributed by atoms with E-state index in [0.717, 1.165) is 27.3 Å². The van der Waals surface area contributed by atoms with E-state index in [1.165, 1.54) is 17.5 Å². The first-order chi connectivity index (χ1) is 14.5. The summed E-state index contributed by atoms with van der Waals surface area (Å²) in [6.07, 6.45) is 5.36. The van der Waals surface area contributed by atoms with Crippen LogP contribution in [-0.4, -0.2) is 32.9 Å². The Morgan fingerprint density at radius 3 is 3.10 bits per heavy atom. The molecular formula is C20H25N7O2S. The number of hydrogen-bond acceptors (Lipinski definition) is 9. The highest BCUT2D eigenvalue weighted by atomic mass is 32.1.